The minimum absolute atomic E-state index is 0.143. The van der Waals surface area contributed by atoms with Gasteiger partial charge in [0.1, 0.15) is 11.8 Å². The molecule has 0 radical (unpaired) electrons. The highest BCUT2D eigenvalue weighted by Gasteiger charge is 2.41. The van der Waals surface area contributed by atoms with Crippen LogP contribution in [0.25, 0.3) is 0 Å². The van der Waals surface area contributed by atoms with Gasteiger partial charge in [0.2, 0.25) is 0 Å². The lowest BCUT2D eigenvalue weighted by atomic mass is 10.1. The number of alkyl halides is 3. The molecule has 1 N–H and O–H groups in total. The Morgan fingerprint density at radius 1 is 1.00 bits per heavy atom. The minimum atomic E-state index is -4.84. The maximum absolute atomic E-state index is 12.4. The summed E-state index contributed by atoms with van der Waals surface area (Å²) in [6.07, 6.45) is -4.84. The van der Waals surface area contributed by atoms with E-state index in [9.17, 15) is 32.3 Å². The van der Waals surface area contributed by atoms with E-state index in [-0.39, 0.29) is 16.8 Å². The highest BCUT2D eigenvalue weighted by Crippen LogP contribution is 2.25. The van der Waals surface area contributed by atoms with Crippen LogP contribution in [0.4, 0.5) is 18.9 Å². The lowest BCUT2D eigenvalue weighted by Gasteiger charge is -2.20. The second kappa shape index (κ2) is 8.46. The zero-order valence-electron chi connectivity index (χ0n) is 15.9. The number of carbonyl (C=O) groups excluding carboxylic acids is 4. The van der Waals surface area contributed by atoms with Gasteiger partial charge < -0.3 is 14.8 Å². The van der Waals surface area contributed by atoms with Gasteiger partial charge in [0.15, 0.2) is 6.61 Å². The van der Waals surface area contributed by atoms with Crippen LogP contribution in [0.5, 0.6) is 5.75 Å². The normalized spacial score (nSPS) is 14.1. The van der Waals surface area contributed by atoms with Crippen LogP contribution in [0.15, 0.2) is 48.5 Å². The summed E-state index contributed by atoms with van der Waals surface area (Å²) in [6, 6.07) is 9.17. The minimum Gasteiger partial charge on any atom is -0.454 e. The van der Waals surface area contributed by atoms with E-state index in [1.54, 1.807) is 12.1 Å². The largest absolute Gasteiger partial charge is 0.573 e. The molecule has 0 aromatic heterocycles. The van der Waals surface area contributed by atoms with Gasteiger partial charge in [-0.05, 0) is 43.3 Å². The second-order valence-electron chi connectivity index (χ2n) is 6.43. The molecule has 0 fully saturated rings. The number of fused-ring (bicyclic) bond motifs is 1. The lowest BCUT2D eigenvalue weighted by Crippen LogP contribution is -2.44. The predicted molar refractivity (Wildman–Crippen MR) is 99.1 cm³/mol. The number of amides is 3. The third-order valence-electron chi connectivity index (χ3n) is 4.27. The Balaban J connectivity index is 1.53. The molecule has 1 unspecified atom stereocenters. The van der Waals surface area contributed by atoms with E-state index in [0.717, 1.165) is 17.0 Å². The fourth-order valence-electron chi connectivity index (χ4n) is 2.86. The first-order chi connectivity index (χ1) is 14.6. The molecule has 0 saturated carbocycles. The van der Waals surface area contributed by atoms with Crippen LogP contribution in [0.1, 0.15) is 27.6 Å². The monoisotopic (exact) mass is 436 g/mol. The van der Waals surface area contributed by atoms with E-state index in [2.05, 4.69) is 10.1 Å². The average Bonchev–Trinajstić information content (AvgIpc) is 2.97. The fourth-order valence-corrected chi connectivity index (χ4v) is 2.86. The van der Waals surface area contributed by atoms with E-state index < -0.39 is 48.5 Å². The summed E-state index contributed by atoms with van der Waals surface area (Å²) in [5, 5.41) is 2.33. The van der Waals surface area contributed by atoms with Crippen molar-refractivity contribution in [1.29, 1.82) is 0 Å². The molecule has 8 nitrogen and oxygen atoms in total. The number of nitrogens with zero attached hydrogens (tertiary/aromatic N) is 1. The summed E-state index contributed by atoms with van der Waals surface area (Å²) in [5.74, 6) is -3.50. The van der Waals surface area contributed by atoms with Gasteiger partial charge in [-0.15, -0.1) is 13.2 Å². The Hall–Kier alpha value is -3.89. The number of nitrogens with one attached hydrogen (secondary N) is 1. The van der Waals surface area contributed by atoms with Gasteiger partial charge in [0.25, 0.3) is 17.7 Å². The van der Waals surface area contributed by atoms with Crippen LogP contribution in [-0.2, 0) is 14.3 Å². The van der Waals surface area contributed by atoms with E-state index in [0.29, 0.717) is 0 Å². The van der Waals surface area contributed by atoms with Crippen molar-refractivity contribution in [3.63, 3.8) is 0 Å². The van der Waals surface area contributed by atoms with Crippen molar-refractivity contribution < 1.29 is 41.8 Å². The molecule has 1 aliphatic heterocycles. The number of imide groups is 1. The van der Waals surface area contributed by atoms with Gasteiger partial charge in [0, 0.05) is 5.69 Å². The van der Waals surface area contributed by atoms with Crippen molar-refractivity contribution in [3.05, 3.63) is 59.7 Å². The number of halogens is 3. The van der Waals surface area contributed by atoms with Crippen molar-refractivity contribution in [3.8, 4) is 5.75 Å². The number of carbonyl (C=O) groups is 4. The molecular formula is C20H15F3N2O6. The van der Waals surface area contributed by atoms with E-state index in [4.69, 9.17) is 4.74 Å². The summed E-state index contributed by atoms with van der Waals surface area (Å²) < 4.78 is 45.0. The Bertz CT molecular complexity index is 1000. The molecule has 3 rings (SSSR count). The topological polar surface area (TPSA) is 102 Å². The van der Waals surface area contributed by atoms with Gasteiger partial charge in [-0.1, -0.05) is 12.1 Å². The summed E-state index contributed by atoms with van der Waals surface area (Å²) >= 11 is 0. The Morgan fingerprint density at radius 3 is 2.06 bits per heavy atom. The lowest BCUT2D eigenvalue weighted by molar-refractivity contribution is -0.274. The number of benzene rings is 2. The van der Waals surface area contributed by atoms with Gasteiger partial charge in [-0.3, -0.25) is 19.3 Å². The van der Waals surface area contributed by atoms with E-state index >= 15 is 0 Å². The Morgan fingerprint density at radius 2 is 1.55 bits per heavy atom. The third-order valence-corrected chi connectivity index (χ3v) is 4.27. The highest BCUT2D eigenvalue weighted by atomic mass is 19.4. The van der Waals surface area contributed by atoms with Gasteiger partial charge in [0.05, 0.1) is 11.1 Å². The Kier molecular flexibility index (Phi) is 5.95. The average molecular weight is 436 g/mol. The third kappa shape index (κ3) is 5.00. The molecular weight excluding hydrogens is 421 g/mol. The molecule has 2 aromatic carbocycles. The van der Waals surface area contributed by atoms with Crippen LogP contribution >= 0.6 is 0 Å². The molecule has 3 amide bonds. The number of anilines is 1. The molecule has 1 heterocycles. The molecule has 0 aliphatic carbocycles. The number of hydrogen-bond acceptors (Lipinski definition) is 6. The van der Waals surface area contributed by atoms with Crippen molar-refractivity contribution >= 4 is 29.4 Å². The molecule has 2 aromatic rings. The predicted octanol–water partition coefficient (Wildman–Crippen LogP) is 2.75. The standard InChI is InChI=1S/C20H15F3N2O6/c1-11(25-17(27)14-4-2-3-5-15(14)18(25)28)19(29)30-10-16(26)24-12-6-8-13(9-7-12)31-20(21,22)23/h2-9,11H,10H2,1H3,(H,24,26). The van der Waals surface area contributed by atoms with E-state index in [1.807, 2.05) is 0 Å². The quantitative estimate of drug-likeness (QED) is 0.552. The van der Waals surface area contributed by atoms with Crippen molar-refractivity contribution in [2.24, 2.45) is 0 Å². The first kappa shape index (κ1) is 21.8. The van der Waals surface area contributed by atoms with E-state index in [1.165, 1.54) is 31.2 Å². The van der Waals surface area contributed by atoms with Crippen LogP contribution in [0.3, 0.4) is 0 Å². The van der Waals surface area contributed by atoms with Gasteiger partial charge in [-0.25, -0.2) is 4.79 Å². The molecule has 0 bridgehead atoms. The summed E-state index contributed by atoms with van der Waals surface area (Å²) in [4.78, 5) is 49.7. The van der Waals surface area contributed by atoms with Gasteiger partial charge >= 0.3 is 12.3 Å². The SMILES string of the molecule is CC(C(=O)OCC(=O)Nc1ccc(OC(F)(F)F)cc1)N1C(=O)c2ccccc2C1=O. The molecule has 162 valence electrons. The fraction of sp³-hybridized carbons (Fsp3) is 0.200. The zero-order valence-corrected chi connectivity index (χ0v) is 15.9. The first-order valence-electron chi connectivity index (χ1n) is 8.86. The number of rotatable bonds is 6. The smallest absolute Gasteiger partial charge is 0.454 e. The molecule has 0 saturated heterocycles. The molecule has 31 heavy (non-hydrogen) atoms. The number of esters is 1. The molecule has 0 spiro atoms. The maximum atomic E-state index is 12.4. The summed E-state index contributed by atoms with van der Waals surface area (Å²) in [5.41, 5.74) is 0.481. The number of hydrogen-bond donors (Lipinski definition) is 1. The first-order valence-corrected chi connectivity index (χ1v) is 8.86. The molecule has 1 atom stereocenters. The number of ether oxygens (including phenoxy) is 2. The van der Waals surface area contributed by atoms with Crippen LogP contribution in [0.2, 0.25) is 0 Å². The van der Waals surface area contributed by atoms with Crippen LogP contribution < -0.4 is 10.1 Å². The summed E-state index contributed by atoms with van der Waals surface area (Å²) in [7, 11) is 0. The van der Waals surface area contributed by atoms with Crippen LogP contribution in [-0.4, -0.2) is 47.6 Å². The van der Waals surface area contributed by atoms with Crippen LogP contribution in [0, 0.1) is 0 Å². The van der Waals surface area contributed by atoms with Crippen molar-refractivity contribution in [2.75, 3.05) is 11.9 Å². The molecule has 11 heteroatoms. The second-order valence-corrected chi connectivity index (χ2v) is 6.43. The summed E-state index contributed by atoms with van der Waals surface area (Å²) in [6.45, 7) is 0.564. The Labute approximate surface area is 173 Å². The maximum Gasteiger partial charge on any atom is 0.573 e. The molecule has 1 aliphatic rings. The van der Waals surface area contributed by atoms with Gasteiger partial charge in [-0.2, -0.15) is 0 Å². The van der Waals surface area contributed by atoms with Crippen molar-refractivity contribution in [1.82, 2.24) is 4.90 Å². The van der Waals surface area contributed by atoms with Crippen molar-refractivity contribution in [2.45, 2.75) is 19.3 Å². The zero-order chi connectivity index (χ0) is 22.8. The highest BCUT2D eigenvalue weighted by molar-refractivity contribution is 6.22.